The second kappa shape index (κ2) is 6.05. The number of hydrogen-bond donors (Lipinski definition) is 0. The Bertz CT molecular complexity index is 842. The molecule has 5 nitrogen and oxygen atoms in total. The molecule has 3 aliphatic rings. The molecule has 0 bridgehead atoms. The van der Waals surface area contributed by atoms with Gasteiger partial charge in [-0.1, -0.05) is 11.8 Å². The molecule has 1 aromatic rings. The normalized spacial score (nSPS) is 24.0. The van der Waals surface area contributed by atoms with Crippen molar-refractivity contribution in [1.82, 2.24) is 4.90 Å². The van der Waals surface area contributed by atoms with Gasteiger partial charge < -0.3 is 14.4 Å². The highest BCUT2D eigenvalue weighted by atomic mass is 32.2. The third-order valence-corrected chi connectivity index (χ3v) is 6.55. The zero-order valence-corrected chi connectivity index (χ0v) is 16.4. The summed E-state index contributed by atoms with van der Waals surface area (Å²) in [5.74, 6) is 1.36. The molecule has 1 unspecified atom stereocenters. The van der Waals surface area contributed by atoms with Crippen molar-refractivity contribution in [3.63, 3.8) is 0 Å². The van der Waals surface area contributed by atoms with Crippen molar-refractivity contribution in [3.05, 3.63) is 34.5 Å². The lowest BCUT2D eigenvalue weighted by Crippen LogP contribution is -2.45. The molecular formula is C20H23NO4S. The third-order valence-electron chi connectivity index (χ3n) is 5.46. The van der Waals surface area contributed by atoms with E-state index in [1.54, 1.807) is 14.2 Å². The van der Waals surface area contributed by atoms with Crippen LogP contribution in [0.1, 0.15) is 43.9 Å². The molecule has 0 N–H and O–H groups in total. The number of thioether (sulfide) groups is 1. The molecule has 3 aliphatic heterocycles. The number of Topliss-reactive ketones (excluding diaryl/α,β-unsaturated/α-hetero) is 1. The van der Waals surface area contributed by atoms with Crippen molar-refractivity contribution in [2.24, 2.45) is 0 Å². The van der Waals surface area contributed by atoms with Crippen molar-refractivity contribution >= 4 is 22.7 Å². The van der Waals surface area contributed by atoms with Gasteiger partial charge in [0.25, 0.3) is 0 Å². The molecule has 4 rings (SSSR count). The van der Waals surface area contributed by atoms with Crippen molar-refractivity contribution in [3.8, 4) is 11.5 Å². The molecule has 0 amide bonds. The molecule has 26 heavy (non-hydrogen) atoms. The van der Waals surface area contributed by atoms with Crippen LogP contribution in [0.4, 0.5) is 0 Å². The molecule has 0 aliphatic carbocycles. The number of carbonyl (C=O) groups excluding carboxylic acids is 2. The van der Waals surface area contributed by atoms with Gasteiger partial charge in [-0.2, -0.15) is 0 Å². The molecule has 0 radical (unpaired) electrons. The van der Waals surface area contributed by atoms with Crippen LogP contribution in [0.2, 0.25) is 0 Å². The molecule has 0 saturated carbocycles. The van der Waals surface area contributed by atoms with Gasteiger partial charge in [0, 0.05) is 29.8 Å². The number of benzene rings is 1. The molecule has 1 atom stereocenters. The van der Waals surface area contributed by atoms with E-state index in [1.165, 1.54) is 17.3 Å². The maximum atomic E-state index is 12.8. The minimum absolute atomic E-state index is 0.0307. The molecule has 0 fully saturated rings. The maximum Gasteiger partial charge on any atom is 0.225 e. The quantitative estimate of drug-likeness (QED) is 0.742. The van der Waals surface area contributed by atoms with Crippen LogP contribution in [-0.4, -0.2) is 41.3 Å². The van der Waals surface area contributed by atoms with Crippen LogP contribution >= 0.6 is 11.8 Å². The Kier molecular flexibility index (Phi) is 4.06. The molecule has 0 saturated heterocycles. The van der Waals surface area contributed by atoms with E-state index in [0.717, 1.165) is 30.6 Å². The largest absolute Gasteiger partial charge is 0.493 e. The maximum absolute atomic E-state index is 12.8. The van der Waals surface area contributed by atoms with E-state index in [2.05, 4.69) is 18.7 Å². The topological polar surface area (TPSA) is 55.8 Å². The number of rotatable bonds is 2. The van der Waals surface area contributed by atoms with Crippen LogP contribution in [0, 0.1) is 0 Å². The van der Waals surface area contributed by atoms with E-state index in [-0.39, 0.29) is 21.7 Å². The Morgan fingerprint density at radius 2 is 1.85 bits per heavy atom. The van der Waals surface area contributed by atoms with Crippen molar-refractivity contribution in [1.29, 1.82) is 0 Å². The van der Waals surface area contributed by atoms with Crippen molar-refractivity contribution in [2.45, 2.75) is 43.9 Å². The molecular weight excluding hydrogens is 350 g/mol. The Morgan fingerprint density at radius 1 is 1.15 bits per heavy atom. The first kappa shape index (κ1) is 17.5. The lowest BCUT2D eigenvalue weighted by atomic mass is 9.82. The summed E-state index contributed by atoms with van der Waals surface area (Å²) in [6.45, 7) is 4.95. The monoisotopic (exact) mass is 373 g/mol. The van der Waals surface area contributed by atoms with Crippen LogP contribution in [0.15, 0.2) is 23.4 Å². The Balaban J connectivity index is 1.81. The van der Waals surface area contributed by atoms with Crippen molar-refractivity contribution in [2.75, 3.05) is 20.8 Å². The zero-order chi connectivity index (χ0) is 18.6. The minimum Gasteiger partial charge on any atom is -0.493 e. The summed E-state index contributed by atoms with van der Waals surface area (Å²) in [5, 5.41) is -0.0715. The van der Waals surface area contributed by atoms with Crippen LogP contribution in [0.25, 0.3) is 0 Å². The summed E-state index contributed by atoms with van der Waals surface area (Å²) >= 11 is 1.29. The number of methoxy groups -OCH3 is 2. The summed E-state index contributed by atoms with van der Waals surface area (Å²) in [5.41, 5.74) is 3.66. The predicted octanol–water partition coefficient (Wildman–Crippen LogP) is 3.27. The predicted molar refractivity (Wildman–Crippen MR) is 101 cm³/mol. The van der Waals surface area contributed by atoms with Crippen LogP contribution in [0.3, 0.4) is 0 Å². The summed E-state index contributed by atoms with van der Waals surface area (Å²) in [7, 11) is 3.25. The fraction of sp³-hybridized carbons (Fsp3) is 0.500. The SMILES string of the molecule is COc1cc2c(cc1OC)C1CC(=O)C3=C(CC(C)(C)SC3=O)N1CC2. The number of carbonyl (C=O) groups is 2. The number of nitrogens with zero attached hydrogens (tertiary/aromatic N) is 1. The number of fused-ring (bicyclic) bond motifs is 4. The molecule has 138 valence electrons. The van der Waals surface area contributed by atoms with Gasteiger partial charge in [0.1, 0.15) is 0 Å². The molecule has 3 heterocycles. The zero-order valence-electron chi connectivity index (χ0n) is 15.5. The van der Waals surface area contributed by atoms with Gasteiger partial charge in [0.2, 0.25) is 5.12 Å². The van der Waals surface area contributed by atoms with Crippen LogP contribution < -0.4 is 9.47 Å². The highest BCUT2D eigenvalue weighted by Gasteiger charge is 2.45. The van der Waals surface area contributed by atoms with Gasteiger partial charge in [0.05, 0.1) is 25.8 Å². The average Bonchev–Trinajstić information content (AvgIpc) is 2.58. The smallest absolute Gasteiger partial charge is 0.225 e. The lowest BCUT2D eigenvalue weighted by molar-refractivity contribution is -0.120. The standard InChI is InChI=1S/C20H23NO4S/c1-20(2)10-14-18(19(23)26-20)15(22)9-13-12-8-17(25-4)16(24-3)7-11(12)5-6-21(13)14/h7-8,13H,5-6,9-10H2,1-4H3. The number of ketones is 1. The summed E-state index contributed by atoms with van der Waals surface area (Å²) in [6, 6.07) is 3.98. The number of hydrogen-bond acceptors (Lipinski definition) is 6. The molecule has 0 spiro atoms. The second-order valence-corrected chi connectivity index (χ2v) is 9.32. The third kappa shape index (κ3) is 2.62. The first-order chi connectivity index (χ1) is 12.3. The lowest BCUT2D eigenvalue weighted by Gasteiger charge is -2.47. The van der Waals surface area contributed by atoms with Crippen LogP contribution in [-0.2, 0) is 16.0 Å². The first-order valence-electron chi connectivity index (χ1n) is 8.86. The van der Waals surface area contributed by atoms with Gasteiger partial charge in [0.15, 0.2) is 17.3 Å². The second-order valence-electron chi connectivity index (χ2n) is 7.64. The summed E-state index contributed by atoms with van der Waals surface area (Å²) < 4.78 is 10.7. The highest BCUT2D eigenvalue weighted by Crippen LogP contribution is 2.49. The Hall–Kier alpha value is -1.95. The van der Waals surface area contributed by atoms with E-state index < -0.39 is 0 Å². The molecule has 1 aromatic carbocycles. The van der Waals surface area contributed by atoms with E-state index in [0.29, 0.717) is 23.5 Å². The van der Waals surface area contributed by atoms with Gasteiger partial charge in [-0.3, -0.25) is 9.59 Å². The average molecular weight is 373 g/mol. The Labute approximate surface area is 157 Å². The molecule has 0 aromatic heterocycles. The number of allylic oxidation sites excluding steroid dienone is 1. The van der Waals surface area contributed by atoms with Crippen LogP contribution in [0.5, 0.6) is 11.5 Å². The van der Waals surface area contributed by atoms with Gasteiger partial charge in [-0.15, -0.1) is 0 Å². The van der Waals surface area contributed by atoms with E-state index in [4.69, 9.17) is 9.47 Å². The minimum atomic E-state index is -0.185. The summed E-state index contributed by atoms with van der Waals surface area (Å²) in [6.07, 6.45) is 1.94. The number of ether oxygens (including phenoxy) is 2. The van der Waals surface area contributed by atoms with Gasteiger partial charge >= 0.3 is 0 Å². The summed E-state index contributed by atoms with van der Waals surface area (Å²) in [4.78, 5) is 27.7. The van der Waals surface area contributed by atoms with Gasteiger partial charge in [-0.05, 0) is 43.5 Å². The van der Waals surface area contributed by atoms with E-state index in [1.807, 2.05) is 12.1 Å². The van der Waals surface area contributed by atoms with E-state index >= 15 is 0 Å². The van der Waals surface area contributed by atoms with E-state index in [9.17, 15) is 9.59 Å². The molecule has 6 heteroatoms. The van der Waals surface area contributed by atoms with Gasteiger partial charge in [-0.25, -0.2) is 0 Å². The van der Waals surface area contributed by atoms with Crippen molar-refractivity contribution < 1.29 is 19.1 Å². The fourth-order valence-corrected chi connectivity index (χ4v) is 5.36. The fourth-order valence-electron chi connectivity index (χ4n) is 4.32. The first-order valence-corrected chi connectivity index (χ1v) is 9.67. The Morgan fingerprint density at radius 3 is 2.54 bits per heavy atom. The highest BCUT2D eigenvalue weighted by molar-refractivity contribution is 8.15.